The third-order valence-corrected chi connectivity index (χ3v) is 8.90. The lowest BCUT2D eigenvalue weighted by molar-refractivity contribution is -0.117. The summed E-state index contributed by atoms with van der Waals surface area (Å²) in [6, 6.07) is 11.3. The van der Waals surface area contributed by atoms with Crippen LogP contribution in [0.2, 0.25) is 0 Å². The molecule has 2 aromatic rings. The second-order valence-corrected chi connectivity index (χ2v) is 11.2. The Kier molecular flexibility index (Phi) is 7.28. The first kappa shape index (κ1) is 25.1. The fraction of sp³-hybridized carbons (Fsp3) is 0.607. The van der Waals surface area contributed by atoms with Crippen molar-refractivity contribution in [3.63, 3.8) is 0 Å². The first-order valence-electron chi connectivity index (χ1n) is 13.3. The minimum absolute atomic E-state index is 0.0212. The Morgan fingerprint density at radius 1 is 1.11 bits per heavy atom. The molecular weight excluding hydrogens is 452 g/mol. The smallest absolute Gasteiger partial charge is 0.316 e. The van der Waals surface area contributed by atoms with Crippen molar-refractivity contribution in [3.05, 3.63) is 48.3 Å². The second kappa shape index (κ2) is 10.4. The molecular formula is C28H40N6O2. The number of carbonyl (C=O) groups excluding carboxylic acids is 1. The first-order chi connectivity index (χ1) is 17.4. The van der Waals surface area contributed by atoms with Gasteiger partial charge in [0, 0.05) is 24.2 Å². The van der Waals surface area contributed by atoms with Gasteiger partial charge in [-0.1, -0.05) is 36.8 Å². The standard InChI is InChI=1S/C28H40N6O2/c1-32(2)28(23-10-5-4-6-11-23)14-12-27(13-15-28)20-33(21-34(27)18-22-8-7-9-22)19-25(35)31-24-16-29-26(36-3)30-17-24/h4-6,10-11,16-17,22H,7-9,12-15,18-21H2,1-3H3,(H,31,35)/t27-,28+. The molecule has 1 N–H and O–H groups in total. The number of anilines is 1. The molecule has 2 heterocycles. The highest BCUT2D eigenvalue weighted by Gasteiger charge is 2.51. The van der Waals surface area contributed by atoms with Gasteiger partial charge in [-0.15, -0.1) is 0 Å². The highest BCUT2D eigenvalue weighted by molar-refractivity contribution is 5.91. The Labute approximate surface area is 215 Å². The Morgan fingerprint density at radius 3 is 2.39 bits per heavy atom. The lowest BCUT2D eigenvalue weighted by atomic mass is 9.68. The van der Waals surface area contributed by atoms with Gasteiger partial charge in [0.25, 0.3) is 0 Å². The van der Waals surface area contributed by atoms with Gasteiger partial charge in [-0.2, -0.15) is 0 Å². The molecule has 0 atom stereocenters. The van der Waals surface area contributed by atoms with Crippen LogP contribution in [0.4, 0.5) is 5.69 Å². The topological polar surface area (TPSA) is 73.8 Å². The summed E-state index contributed by atoms with van der Waals surface area (Å²) < 4.78 is 5.01. The maximum absolute atomic E-state index is 12.9. The third kappa shape index (κ3) is 4.99. The molecule has 8 heteroatoms. The van der Waals surface area contributed by atoms with E-state index < -0.39 is 0 Å². The van der Waals surface area contributed by atoms with Crippen LogP contribution in [-0.4, -0.2) is 83.6 Å². The highest BCUT2D eigenvalue weighted by atomic mass is 16.5. The van der Waals surface area contributed by atoms with E-state index in [0.29, 0.717) is 18.2 Å². The van der Waals surface area contributed by atoms with Crippen molar-refractivity contribution < 1.29 is 9.53 Å². The second-order valence-electron chi connectivity index (χ2n) is 11.2. The predicted octanol–water partition coefficient (Wildman–Crippen LogP) is 3.57. The van der Waals surface area contributed by atoms with Crippen LogP contribution in [-0.2, 0) is 10.3 Å². The number of hydrogen-bond donors (Lipinski definition) is 1. The maximum atomic E-state index is 12.9. The first-order valence-corrected chi connectivity index (χ1v) is 13.3. The normalized spacial score (nSPS) is 27.3. The van der Waals surface area contributed by atoms with Crippen LogP contribution in [0.5, 0.6) is 6.01 Å². The number of aromatic nitrogens is 2. The summed E-state index contributed by atoms with van der Waals surface area (Å²) in [5, 5.41) is 2.95. The number of methoxy groups -OCH3 is 1. The Morgan fingerprint density at radius 2 is 1.81 bits per heavy atom. The number of hydrogen-bond acceptors (Lipinski definition) is 7. The number of carbonyl (C=O) groups is 1. The van der Waals surface area contributed by atoms with Crippen LogP contribution >= 0.6 is 0 Å². The molecule has 194 valence electrons. The van der Waals surface area contributed by atoms with Gasteiger partial charge in [0.05, 0.1) is 38.4 Å². The lowest BCUT2D eigenvalue weighted by Crippen LogP contribution is -2.56. The largest absolute Gasteiger partial charge is 0.467 e. The van der Waals surface area contributed by atoms with Crippen molar-refractivity contribution in [2.45, 2.75) is 56.0 Å². The van der Waals surface area contributed by atoms with Crippen LogP contribution < -0.4 is 10.1 Å². The summed E-state index contributed by atoms with van der Waals surface area (Å²) >= 11 is 0. The van der Waals surface area contributed by atoms with E-state index in [0.717, 1.165) is 51.4 Å². The van der Waals surface area contributed by atoms with Gasteiger partial charge in [0.2, 0.25) is 5.91 Å². The third-order valence-electron chi connectivity index (χ3n) is 8.90. The van der Waals surface area contributed by atoms with E-state index in [2.05, 4.69) is 74.4 Å². The van der Waals surface area contributed by atoms with Gasteiger partial charge in [0.1, 0.15) is 0 Å². The number of rotatable bonds is 8. The molecule has 1 aromatic carbocycles. The molecule has 1 aliphatic heterocycles. The zero-order valence-electron chi connectivity index (χ0n) is 21.9. The molecule has 36 heavy (non-hydrogen) atoms. The zero-order valence-corrected chi connectivity index (χ0v) is 21.9. The number of nitrogens with one attached hydrogen (secondary N) is 1. The van der Waals surface area contributed by atoms with Crippen molar-refractivity contribution in [2.75, 3.05) is 52.8 Å². The van der Waals surface area contributed by atoms with Crippen LogP contribution in [0, 0.1) is 5.92 Å². The molecule has 3 aliphatic rings. The van der Waals surface area contributed by atoms with E-state index in [4.69, 9.17) is 4.74 Å². The molecule has 1 amide bonds. The predicted molar refractivity (Wildman–Crippen MR) is 141 cm³/mol. The zero-order chi connectivity index (χ0) is 25.2. The number of amides is 1. The number of benzene rings is 1. The summed E-state index contributed by atoms with van der Waals surface area (Å²) in [6.07, 6.45) is 11.8. The average Bonchev–Trinajstić information content (AvgIpc) is 3.18. The average molecular weight is 493 g/mol. The molecule has 2 saturated carbocycles. The quantitative estimate of drug-likeness (QED) is 0.604. The van der Waals surface area contributed by atoms with Crippen molar-refractivity contribution >= 4 is 11.6 Å². The summed E-state index contributed by atoms with van der Waals surface area (Å²) in [5.41, 5.74) is 2.24. The molecule has 1 saturated heterocycles. The van der Waals surface area contributed by atoms with Gasteiger partial charge >= 0.3 is 6.01 Å². The van der Waals surface area contributed by atoms with Crippen LogP contribution in [0.1, 0.15) is 50.5 Å². The van der Waals surface area contributed by atoms with E-state index in [-0.39, 0.29) is 17.0 Å². The van der Waals surface area contributed by atoms with Crippen molar-refractivity contribution in [1.29, 1.82) is 0 Å². The van der Waals surface area contributed by atoms with E-state index in [1.165, 1.54) is 31.9 Å². The summed E-state index contributed by atoms with van der Waals surface area (Å²) in [4.78, 5) is 28.6. The van der Waals surface area contributed by atoms with Crippen LogP contribution in [0.3, 0.4) is 0 Å². The van der Waals surface area contributed by atoms with E-state index in [9.17, 15) is 4.79 Å². The summed E-state index contributed by atoms with van der Waals surface area (Å²) in [6.45, 7) is 3.35. The molecule has 0 bridgehead atoms. The number of nitrogens with zero attached hydrogens (tertiary/aromatic N) is 5. The Hall–Kier alpha value is -2.55. The van der Waals surface area contributed by atoms with Crippen molar-refractivity contribution in [1.82, 2.24) is 24.7 Å². The number of ether oxygens (including phenoxy) is 1. The van der Waals surface area contributed by atoms with E-state index in [1.807, 2.05) is 0 Å². The molecule has 0 unspecified atom stereocenters. The molecule has 2 aliphatic carbocycles. The minimum Gasteiger partial charge on any atom is -0.467 e. The summed E-state index contributed by atoms with van der Waals surface area (Å²) in [5.74, 6) is 0.786. The van der Waals surface area contributed by atoms with E-state index in [1.54, 1.807) is 12.4 Å². The van der Waals surface area contributed by atoms with E-state index >= 15 is 0 Å². The molecule has 0 radical (unpaired) electrons. The van der Waals surface area contributed by atoms with Crippen LogP contribution in [0.25, 0.3) is 0 Å². The van der Waals surface area contributed by atoms with Gasteiger partial charge in [0.15, 0.2) is 0 Å². The monoisotopic (exact) mass is 492 g/mol. The molecule has 3 fully saturated rings. The highest BCUT2D eigenvalue weighted by Crippen LogP contribution is 2.49. The lowest BCUT2D eigenvalue weighted by Gasteiger charge is -2.52. The van der Waals surface area contributed by atoms with Crippen molar-refractivity contribution in [2.24, 2.45) is 5.92 Å². The van der Waals surface area contributed by atoms with Crippen LogP contribution in [0.15, 0.2) is 42.7 Å². The van der Waals surface area contributed by atoms with Gasteiger partial charge < -0.3 is 10.1 Å². The van der Waals surface area contributed by atoms with Gasteiger partial charge in [-0.05, 0) is 64.1 Å². The minimum atomic E-state index is -0.0212. The molecule has 1 aromatic heterocycles. The molecule has 1 spiro atoms. The van der Waals surface area contributed by atoms with Gasteiger partial charge in [-0.3, -0.25) is 19.5 Å². The summed E-state index contributed by atoms with van der Waals surface area (Å²) in [7, 11) is 5.98. The Balaban J connectivity index is 1.28. The molecule has 8 nitrogen and oxygen atoms in total. The fourth-order valence-electron chi connectivity index (χ4n) is 6.54. The fourth-order valence-corrected chi connectivity index (χ4v) is 6.54. The SMILES string of the molecule is COc1ncc(NC(=O)CN2CN(CC3CCC3)[C@]3(CC[C@@](c4ccccc4)(N(C)C)CC3)C2)cn1. The maximum Gasteiger partial charge on any atom is 0.316 e. The van der Waals surface area contributed by atoms with Crippen molar-refractivity contribution in [3.8, 4) is 6.01 Å². The van der Waals surface area contributed by atoms with Gasteiger partial charge in [-0.25, -0.2) is 9.97 Å². The molecule has 5 rings (SSSR count). The Bertz CT molecular complexity index is 1020.